The molecule has 25 heavy (non-hydrogen) atoms. The zero-order valence-electron chi connectivity index (χ0n) is 14.4. The van der Waals surface area contributed by atoms with Gasteiger partial charge in [0.25, 0.3) is 5.91 Å². The first-order valence-corrected chi connectivity index (χ1v) is 9.28. The Bertz CT molecular complexity index is 787. The highest BCUT2D eigenvalue weighted by Crippen LogP contribution is 2.25. The van der Waals surface area contributed by atoms with E-state index in [1.54, 1.807) is 32.0 Å². The number of rotatable bonds is 6. The molecule has 1 aliphatic carbocycles. The lowest BCUT2D eigenvalue weighted by molar-refractivity contribution is 0.0740. The van der Waals surface area contributed by atoms with Gasteiger partial charge >= 0.3 is 0 Å². The third kappa shape index (κ3) is 4.46. The number of anilines is 2. The number of pyridine rings is 1. The largest absolute Gasteiger partial charge is 0.384 e. The summed E-state index contributed by atoms with van der Waals surface area (Å²) in [5.41, 5.74) is -0.152. The molecular weight excluding hydrogens is 338 g/mol. The predicted octanol–water partition coefficient (Wildman–Crippen LogP) is 2.46. The van der Waals surface area contributed by atoms with E-state index in [4.69, 9.17) is 0 Å². The standard InChI is InChI=1S/C17H21N5O2S/c1-17(2,24)12-5-4-6-13(20-12)21-14-11(9-18-16(22-14)25-3)15(23)19-10-7-8-10/h4-6,9-10,24H,7-8H2,1-3H3,(H,19,23)(H,18,20,21,22). The van der Waals surface area contributed by atoms with Gasteiger partial charge in [-0.15, -0.1) is 0 Å². The quantitative estimate of drug-likeness (QED) is 0.538. The van der Waals surface area contributed by atoms with Gasteiger partial charge in [-0.1, -0.05) is 17.8 Å². The lowest BCUT2D eigenvalue weighted by atomic mass is 10.1. The topological polar surface area (TPSA) is 100 Å². The van der Waals surface area contributed by atoms with Crippen molar-refractivity contribution >= 4 is 29.3 Å². The molecule has 3 N–H and O–H groups in total. The molecule has 132 valence electrons. The van der Waals surface area contributed by atoms with Crippen LogP contribution in [0.4, 0.5) is 11.6 Å². The second-order valence-corrected chi connectivity index (χ2v) is 7.23. The van der Waals surface area contributed by atoms with Crippen LogP contribution in [0.5, 0.6) is 0 Å². The first kappa shape index (κ1) is 17.6. The molecule has 0 atom stereocenters. The van der Waals surface area contributed by atoms with Crippen LogP contribution >= 0.6 is 11.8 Å². The Labute approximate surface area is 150 Å². The summed E-state index contributed by atoms with van der Waals surface area (Å²) >= 11 is 1.39. The minimum Gasteiger partial charge on any atom is -0.384 e. The summed E-state index contributed by atoms with van der Waals surface area (Å²) in [5.74, 6) is 0.708. The molecule has 1 aliphatic rings. The number of amides is 1. The maximum Gasteiger partial charge on any atom is 0.256 e. The van der Waals surface area contributed by atoms with Crippen molar-refractivity contribution < 1.29 is 9.90 Å². The van der Waals surface area contributed by atoms with Crippen molar-refractivity contribution in [3.63, 3.8) is 0 Å². The summed E-state index contributed by atoms with van der Waals surface area (Å²) in [6.07, 6.45) is 5.41. The number of nitrogens with zero attached hydrogens (tertiary/aromatic N) is 3. The Balaban J connectivity index is 1.91. The number of hydrogen-bond donors (Lipinski definition) is 3. The maximum absolute atomic E-state index is 12.4. The van der Waals surface area contributed by atoms with E-state index in [0.717, 1.165) is 12.8 Å². The zero-order valence-corrected chi connectivity index (χ0v) is 15.2. The van der Waals surface area contributed by atoms with Gasteiger partial charge in [-0.25, -0.2) is 15.0 Å². The first-order chi connectivity index (χ1) is 11.9. The van der Waals surface area contributed by atoms with Crippen molar-refractivity contribution in [1.82, 2.24) is 20.3 Å². The third-order valence-corrected chi connectivity index (χ3v) is 4.29. The number of thioether (sulfide) groups is 1. The highest BCUT2D eigenvalue weighted by Gasteiger charge is 2.26. The van der Waals surface area contributed by atoms with Crippen LogP contribution < -0.4 is 10.6 Å². The molecule has 3 rings (SSSR count). The number of carbonyl (C=O) groups is 1. The molecule has 1 saturated carbocycles. The number of aliphatic hydroxyl groups is 1. The van der Waals surface area contributed by atoms with Gasteiger partial charge < -0.3 is 15.7 Å². The average Bonchev–Trinajstić information content (AvgIpc) is 3.38. The van der Waals surface area contributed by atoms with Crippen LogP contribution in [0.1, 0.15) is 42.7 Å². The molecule has 0 aliphatic heterocycles. The van der Waals surface area contributed by atoms with Gasteiger partial charge in [-0.2, -0.15) is 0 Å². The van der Waals surface area contributed by atoms with Crippen LogP contribution in [0.2, 0.25) is 0 Å². The molecule has 1 amide bonds. The molecule has 7 nitrogen and oxygen atoms in total. The van der Waals surface area contributed by atoms with E-state index in [9.17, 15) is 9.90 Å². The van der Waals surface area contributed by atoms with E-state index in [-0.39, 0.29) is 11.9 Å². The van der Waals surface area contributed by atoms with E-state index in [0.29, 0.717) is 28.0 Å². The monoisotopic (exact) mass is 359 g/mol. The van der Waals surface area contributed by atoms with Gasteiger partial charge in [0.2, 0.25) is 0 Å². The van der Waals surface area contributed by atoms with Crippen molar-refractivity contribution in [1.29, 1.82) is 0 Å². The predicted molar refractivity (Wildman–Crippen MR) is 97.1 cm³/mol. The molecule has 2 heterocycles. The zero-order chi connectivity index (χ0) is 18.0. The smallest absolute Gasteiger partial charge is 0.256 e. The normalized spacial score (nSPS) is 14.2. The fourth-order valence-corrected chi connectivity index (χ4v) is 2.52. The number of aromatic nitrogens is 3. The van der Waals surface area contributed by atoms with Crippen molar-refractivity contribution in [2.45, 2.75) is 43.5 Å². The van der Waals surface area contributed by atoms with Gasteiger partial charge in [0.1, 0.15) is 22.8 Å². The van der Waals surface area contributed by atoms with Crippen molar-refractivity contribution in [3.8, 4) is 0 Å². The molecule has 0 saturated heterocycles. The third-order valence-electron chi connectivity index (χ3n) is 3.73. The van der Waals surface area contributed by atoms with Gasteiger partial charge in [0, 0.05) is 12.2 Å². The summed E-state index contributed by atoms with van der Waals surface area (Å²) in [4.78, 5) is 25.4. The maximum atomic E-state index is 12.4. The second kappa shape index (κ2) is 6.97. The highest BCUT2D eigenvalue weighted by atomic mass is 32.2. The van der Waals surface area contributed by atoms with Crippen LogP contribution in [0.25, 0.3) is 0 Å². The Kier molecular flexibility index (Phi) is 4.91. The van der Waals surface area contributed by atoms with E-state index in [2.05, 4.69) is 25.6 Å². The summed E-state index contributed by atoms with van der Waals surface area (Å²) in [7, 11) is 0. The molecule has 1 fully saturated rings. The van der Waals surface area contributed by atoms with Gasteiger partial charge in [0.15, 0.2) is 5.16 Å². The Morgan fingerprint density at radius 3 is 2.72 bits per heavy atom. The molecule has 2 aromatic rings. The summed E-state index contributed by atoms with van der Waals surface area (Å²) in [5, 5.41) is 16.7. The van der Waals surface area contributed by atoms with Gasteiger partial charge in [-0.3, -0.25) is 4.79 Å². The summed E-state index contributed by atoms with van der Waals surface area (Å²) in [6.45, 7) is 3.34. The fraction of sp³-hybridized carbons (Fsp3) is 0.412. The summed E-state index contributed by atoms with van der Waals surface area (Å²) < 4.78 is 0. The van der Waals surface area contributed by atoms with E-state index in [1.165, 1.54) is 18.0 Å². The molecule has 0 spiro atoms. The van der Waals surface area contributed by atoms with Crippen molar-refractivity contribution in [2.75, 3.05) is 11.6 Å². The lowest BCUT2D eigenvalue weighted by Crippen LogP contribution is -2.26. The van der Waals surface area contributed by atoms with Crippen molar-refractivity contribution in [3.05, 3.63) is 35.7 Å². The van der Waals surface area contributed by atoms with Crippen LogP contribution in [0, 0.1) is 0 Å². The van der Waals surface area contributed by atoms with Crippen LogP contribution in [0.15, 0.2) is 29.6 Å². The van der Waals surface area contributed by atoms with Crippen molar-refractivity contribution in [2.24, 2.45) is 0 Å². The number of nitrogens with one attached hydrogen (secondary N) is 2. The number of carbonyl (C=O) groups excluding carboxylic acids is 1. The molecule has 0 aromatic carbocycles. The Hall–Kier alpha value is -2.19. The van der Waals surface area contributed by atoms with E-state index in [1.807, 2.05) is 6.26 Å². The van der Waals surface area contributed by atoms with Crippen LogP contribution in [-0.2, 0) is 5.60 Å². The SMILES string of the molecule is CSc1ncc(C(=O)NC2CC2)c(Nc2cccc(C(C)(C)O)n2)n1. The van der Waals surface area contributed by atoms with Crippen LogP contribution in [-0.4, -0.2) is 38.3 Å². The second-order valence-electron chi connectivity index (χ2n) is 6.46. The Morgan fingerprint density at radius 2 is 2.08 bits per heavy atom. The molecule has 2 aromatic heterocycles. The average molecular weight is 359 g/mol. The summed E-state index contributed by atoms with van der Waals surface area (Å²) in [6, 6.07) is 5.55. The lowest BCUT2D eigenvalue weighted by Gasteiger charge is -2.18. The minimum absolute atomic E-state index is 0.198. The number of hydrogen-bond acceptors (Lipinski definition) is 7. The molecule has 8 heteroatoms. The van der Waals surface area contributed by atoms with Gasteiger partial charge in [-0.05, 0) is 45.1 Å². The molecule has 0 radical (unpaired) electrons. The Morgan fingerprint density at radius 1 is 1.32 bits per heavy atom. The van der Waals surface area contributed by atoms with Crippen LogP contribution in [0.3, 0.4) is 0 Å². The highest BCUT2D eigenvalue weighted by molar-refractivity contribution is 7.98. The molecular formula is C17H21N5O2S. The van der Waals surface area contributed by atoms with E-state index < -0.39 is 5.60 Å². The molecule has 0 bridgehead atoms. The fourth-order valence-electron chi connectivity index (χ4n) is 2.18. The van der Waals surface area contributed by atoms with E-state index >= 15 is 0 Å². The minimum atomic E-state index is -1.06. The van der Waals surface area contributed by atoms with Gasteiger partial charge in [0.05, 0.1) is 5.69 Å². The molecule has 0 unspecified atom stereocenters. The first-order valence-electron chi connectivity index (χ1n) is 8.05.